The van der Waals surface area contributed by atoms with Gasteiger partial charge in [0.1, 0.15) is 6.29 Å². The van der Waals surface area contributed by atoms with Crippen LogP contribution in [0.5, 0.6) is 0 Å². The molecule has 1 N–H and O–H groups in total. The van der Waals surface area contributed by atoms with Crippen LogP contribution in [0.3, 0.4) is 0 Å². The van der Waals surface area contributed by atoms with Gasteiger partial charge in [-0.3, -0.25) is 9.59 Å². The summed E-state index contributed by atoms with van der Waals surface area (Å²) in [5.74, 6) is -1.31. The van der Waals surface area contributed by atoms with E-state index in [0.717, 1.165) is 46.1 Å². The Morgan fingerprint density at radius 2 is 1.50 bits per heavy atom. The number of carbonyl (C=O) groups excluding carboxylic acids is 2. The number of aldehydes is 1. The van der Waals surface area contributed by atoms with E-state index in [-0.39, 0.29) is 18.3 Å². The number of fused-ring (bicyclic) bond motifs is 3. The predicted octanol–water partition coefficient (Wildman–Crippen LogP) is 3.90. The molecule has 2 aromatic rings. The van der Waals surface area contributed by atoms with Gasteiger partial charge in [-0.05, 0) is 59.1 Å². The van der Waals surface area contributed by atoms with E-state index in [1.165, 1.54) is 7.11 Å². The van der Waals surface area contributed by atoms with Crippen molar-refractivity contribution in [3.05, 3.63) is 58.7 Å². The Morgan fingerprint density at radius 3 is 1.96 bits per heavy atom. The fourth-order valence-corrected chi connectivity index (χ4v) is 3.84. The maximum Gasteiger partial charge on any atom is 0.305 e. The molecule has 0 aromatic heterocycles. The number of hydrogen-bond donors (Lipinski definition) is 1. The van der Waals surface area contributed by atoms with Crippen molar-refractivity contribution in [3.8, 4) is 11.1 Å². The third kappa shape index (κ3) is 4.30. The highest BCUT2D eigenvalue weighted by Gasteiger charge is 2.28. The molecule has 5 heteroatoms. The Bertz CT molecular complexity index is 900. The quantitative estimate of drug-likeness (QED) is 0.527. The monoisotopic (exact) mass is 380 g/mol. The molecule has 3 rings (SSSR count). The highest BCUT2D eigenvalue weighted by Crippen LogP contribution is 2.44. The average Bonchev–Trinajstić information content (AvgIpc) is 2.99. The Morgan fingerprint density at radius 1 is 0.964 bits per heavy atom. The van der Waals surface area contributed by atoms with E-state index in [0.29, 0.717) is 25.7 Å². The standard InChI is InChI=1S/C23H24O5/c1-28-23(27)7-3-5-16-9-11-18-17-10-8-15(4-2-6-22(25)26)12-19(17)21(14-24)20(18)13-16/h8-14,21H,2-7H2,1H3,(H,25,26). The molecule has 146 valence electrons. The first-order valence-electron chi connectivity index (χ1n) is 9.53. The number of carbonyl (C=O) groups is 3. The fourth-order valence-electron chi connectivity index (χ4n) is 3.84. The highest BCUT2D eigenvalue weighted by molar-refractivity contribution is 5.88. The summed E-state index contributed by atoms with van der Waals surface area (Å²) in [4.78, 5) is 33.9. The highest BCUT2D eigenvalue weighted by atomic mass is 16.5. The summed E-state index contributed by atoms with van der Waals surface area (Å²) >= 11 is 0. The maximum atomic E-state index is 11.9. The summed E-state index contributed by atoms with van der Waals surface area (Å²) in [6.07, 6.45) is 4.22. The summed E-state index contributed by atoms with van der Waals surface area (Å²) in [5.41, 5.74) is 6.28. The number of carboxylic acid groups (broad SMARTS) is 1. The van der Waals surface area contributed by atoms with E-state index in [9.17, 15) is 14.4 Å². The number of benzene rings is 2. The number of aryl methyl sites for hydroxylation is 2. The topological polar surface area (TPSA) is 80.7 Å². The molecule has 1 aliphatic rings. The summed E-state index contributed by atoms with van der Waals surface area (Å²) in [7, 11) is 1.39. The van der Waals surface area contributed by atoms with Gasteiger partial charge in [0.05, 0.1) is 13.0 Å². The van der Waals surface area contributed by atoms with Gasteiger partial charge in [0.2, 0.25) is 0 Å². The van der Waals surface area contributed by atoms with Gasteiger partial charge in [-0.1, -0.05) is 36.4 Å². The minimum atomic E-state index is -0.793. The zero-order chi connectivity index (χ0) is 20.1. The van der Waals surface area contributed by atoms with Crippen LogP contribution in [0.15, 0.2) is 36.4 Å². The Kier molecular flexibility index (Phi) is 6.24. The van der Waals surface area contributed by atoms with Crippen molar-refractivity contribution in [1.29, 1.82) is 0 Å². The van der Waals surface area contributed by atoms with Gasteiger partial charge in [0.25, 0.3) is 0 Å². The second kappa shape index (κ2) is 8.83. The predicted molar refractivity (Wildman–Crippen MR) is 105 cm³/mol. The second-order valence-corrected chi connectivity index (χ2v) is 7.13. The van der Waals surface area contributed by atoms with E-state index >= 15 is 0 Å². The van der Waals surface area contributed by atoms with Crippen molar-refractivity contribution in [1.82, 2.24) is 0 Å². The zero-order valence-corrected chi connectivity index (χ0v) is 15.9. The molecule has 1 atom stereocenters. The molecule has 0 fully saturated rings. The first-order valence-corrected chi connectivity index (χ1v) is 9.53. The second-order valence-electron chi connectivity index (χ2n) is 7.13. The molecule has 0 saturated carbocycles. The molecule has 0 spiro atoms. The minimum absolute atomic E-state index is 0.142. The number of methoxy groups -OCH3 is 1. The maximum absolute atomic E-state index is 11.9. The molecule has 1 unspecified atom stereocenters. The molecule has 0 radical (unpaired) electrons. The van der Waals surface area contributed by atoms with Crippen LogP contribution < -0.4 is 0 Å². The smallest absolute Gasteiger partial charge is 0.305 e. The van der Waals surface area contributed by atoms with Crippen molar-refractivity contribution in [2.24, 2.45) is 0 Å². The van der Waals surface area contributed by atoms with Gasteiger partial charge in [-0.25, -0.2) is 0 Å². The van der Waals surface area contributed by atoms with Crippen LogP contribution in [-0.4, -0.2) is 30.4 Å². The van der Waals surface area contributed by atoms with E-state index in [1.807, 2.05) is 24.3 Å². The van der Waals surface area contributed by atoms with E-state index in [2.05, 4.69) is 16.9 Å². The number of esters is 1. The minimum Gasteiger partial charge on any atom is -0.481 e. The van der Waals surface area contributed by atoms with Crippen molar-refractivity contribution >= 4 is 18.2 Å². The van der Waals surface area contributed by atoms with E-state index in [4.69, 9.17) is 5.11 Å². The number of carboxylic acids is 1. The number of aliphatic carboxylic acids is 1. The molecule has 1 aliphatic carbocycles. The summed E-state index contributed by atoms with van der Waals surface area (Å²) in [6, 6.07) is 12.2. The number of rotatable bonds is 9. The summed E-state index contributed by atoms with van der Waals surface area (Å²) < 4.78 is 4.67. The Balaban J connectivity index is 1.78. The first-order chi connectivity index (χ1) is 13.5. The lowest BCUT2D eigenvalue weighted by Gasteiger charge is -2.08. The van der Waals surface area contributed by atoms with Crippen molar-refractivity contribution in [3.63, 3.8) is 0 Å². The molecule has 5 nitrogen and oxygen atoms in total. The molecule has 0 heterocycles. The normalized spacial score (nSPS) is 14.2. The van der Waals surface area contributed by atoms with Crippen molar-refractivity contribution < 1.29 is 24.2 Å². The van der Waals surface area contributed by atoms with Gasteiger partial charge in [-0.15, -0.1) is 0 Å². The molecular formula is C23H24O5. The fraction of sp³-hybridized carbons (Fsp3) is 0.348. The molecule has 28 heavy (non-hydrogen) atoms. The van der Waals surface area contributed by atoms with Crippen molar-refractivity contribution in [2.45, 2.75) is 44.4 Å². The third-order valence-corrected chi connectivity index (χ3v) is 5.26. The molecule has 0 bridgehead atoms. The number of ether oxygens (including phenoxy) is 1. The summed E-state index contributed by atoms with van der Waals surface area (Å²) in [5, 5.41) is 8.80. The van der Waals surface area contributed by atoms with Crippen LogP contribution in [0.25, 0.3) is 11.1 Å². The van der Waals surface area contributed by atoms with Crippen LogP contribution in [0.1, 0.15) is 53.9 Å². The van der Waals surface area contributed by atoms with E-state index in [1.54, 1.807) is 0 Å². The van der Waals surface area contributed by atoms with E-state index < -0.39 is 5.97 Å². The Hall–Kier alpha value is -2.95. The first kappa shape index (κ1) is 19.8. The lowest BCUT2D eigenvalue weighted by Crippen LogP contribution is -2.02. The zero-order valence-electron chi connectivity index (χ0n) is 15.9. The lowest BCUT2D eigenvalue weighted by atomic mass is 9.94. The van der Waals surface area contributed by atoms with Crippen molar-refractivity contribution in [2.75, 3.05) is 7.11 Å². The molecule has 2 aromatic carbocycles. The molecule has 0 saturated heterocycles. The van der Waals surface area contributed by atoms with Crippen LogP contribution in [0, 0.1) is 0 Å². The average molecular weight is 380 g/mol. The molecule has 0 amide bonds. The van der Waals surface area contributed by atoms with Gasteiger partial charge >= 0.3 is 11.9 Å². The lowest BCUT2D eigenvalue weighted by molar-refractivity contribution is -0.140. The third-order valence-electron chi connectivity index (χ3n) is 5.26. The molecular weight excluding hydrogens is 356 g/mol. The SMILES string of the molecule is COC(=O)CCCc1ccc2c(c1)C(C=O)c1cc(CCCC(=O)O)ccc1-2. The van der Waals surface area contributed by atoms with Gasteiger partial charge in [-0.2, -0.15) is 0 Å². The van der Waals surface area contributed by atoms with Crippen LogP contribution in [0.4, 0.5) is 0 Å². The van der Waals surface area contributed by atoms with Crippen LogP contribution >= 0.6 is 0 Å². The largest absolute Gasteiger partial charge is 0.481 e. The summed E-state index contributed by atoms with van der Waals surface area (Å²) in [6.45, 7) is 0. The van der Waals surface area contributed by atoms with Gasteiger partial charge < -0.3 is 14.6 Å². The van der Waals surface area contributed by atoms with Crippen LogP contribution in [-0.2, 0) is 32.0 Å². The van der Waals surface area contributed by atoms with Gasteiger partial charge in [0, 0.05) is 12.8 Å². The molecule has 0 aliphatic heterocycles. The number of hydrogen-bond acceptors (Lipinski definition) is 4. The van der Waals surface area contributed by atoms with Crippen LogP contribution in [0.2, 0.25) is 0 Å². The van der Waals surface area contributed by atoms with Gasteiger partial charge in [0.15, 0.2) is 0 Å². The Labute approximate surface area is 164 Å².